The van der Waals surface area contributed by atoms with Crippen LogP contribution in [-0.4, -0.2) is 30.5 Å². The molecule has 0 amide bonds. The predicted molar refractivity (Wildman–Crippen MR) is 66.0 cm³/mol. The molecule has 96 valence electrons. The van der Waals surface area contributed by atoms with Gasteiger partial charge in [-0.25, -0.2) is 0 Å². The first-order chi connectivity index (χ1) is 8.79. The molecule has 0 saturated heterocycles. The van der Waals surface area contributed by atoms with Gasteiger partial charge >= 0.3 is 0 Å². The van der Waals surface area contributed by atoms with E-state index in [4.69, 9.17) is 14.0 Å². The SMILES string of the molecule is COCCOCc1nc(-c2ccc(C)cc2)no1. The number of aromatic nitrogens is 2. The van der Waals surface area contributed by atoms with Gasteiger partial charge in [0, 0.05) is 12.7 Å². The highest BCUT2D eigenvalue weighted by Gasteiger charge is 2.08. The quantitative estimate of drug-likeness (QED) is 0.733. The second kappa shape index (κ2) is 6.28. The topological polar surface area (TPSA) is 57.4 Å². The highest BCUT2D eigenvalue weighted by Crippen LogP contribution is 2.16. The van der Waals surface area contributed by atoms with E-state index >= 15 is 0 Å². The lowest BCUT2D eigenvalue weighted by Crippen LogP contribution is -2.01. The van der Waals surface area contributed by atoms with Crippen LogP contribution in [-0.2, 0) is 16.1 Å². The second-order valence-corrected chi connectivity index (χ2v) is 3.92. The number of nitrogens with zero attached hydrogens (tertiary/aromatic N) is 2. The van der Waals surface area contributed by atoms with Crippen molar-refractivity contribution in [3.8, 4) is 11.4 Å². The van der Waals surface area contributed by atoms with Crippen molar-refractivity contribution < 1.29 is 14.0 Å². The Hall–Kier alpha value is -1.72. The second-order valence-electron chi connectivity index (χ2n) is 3.92. The first-order valence-electron chi connectivity index (χ1n) is 5.76. The molecule has 0 aliphatic heterocycles. The van der Waals surface area contributed by atoms with E-state index in [1.165, 1.54) is 5.56 Å². The minimum atomic E-state index is 0.308. The summed E-state index contributed by atoms with van der Waals surface area (Å²) in [5.41, 5.74) is 2.14. The normalized spacial score (nSPS) is 10.8. The molecule has 0 atom stereocenters. The summed E-state index contributed by atoms with van der Waals surface area (Å²) >= 11 is 0. The van der Waals surface area contributed by atoms with Crippen LogP contribution in [0.3, 0.4) is 0 Å². The lowest BCUT2D eigenvalue weighted by Gasteiger charge is -1.98. The smallest absolute Gasteiger partial charge is 0.252 e. The standard InChI is InChI=1S/C13H16N2O3/c1-10-3-5-11(6-4-10)13-14-12(18-15-13)9-17-8-7-16-2/h3-6H,7-9H2,1-2H3. The van der Waals surface area contributed by atoms with Gasteiger partial charge in [-0.1, -0.05) is 35.0 Å². The number of aryl methyl sites for hydroxylation is 1. The maximum atomic E-state index is 5.31. The van der Waals surface area contributed by atoms with E-state index in [1.807, 2.05) is 31.2 Å². The zero-order valence-corrected chi connectivity index (χ0v) is 10.5. The third kappa shape index (κ3) is 3.38. The van der Waals surface area contributed by atoms with Crippen molar-refractivity contribution in [1.82, 2.24) is 10.1 Å². The number of benzene rings is 1. The van der Waals surface area contributed by atoms with Gasteiger partial charge in [0.1, 0.15) is 6.61 Å². The van der Waals surface area contributed by atoms with Crippen molar-refractivity contribution in [2.45, 2.75) is 13.5 Å². The van der Waals surface area contributed by atoms with Crippen LogP contribution in [0.4, 0.5) is 0 Å². The molecule has 5 heteroatoms. The molecule has 1 heterocycles. The fourth-order valence-corrected chi connectivity index (χ4v) is 1.44. The fourth-order valence-electron chi connectivity index (χ4n) is 1.44. The molecule has 0 aliphatic carbocycles. The van der Waals surface area contributed by atoms with E-state index in [9.17, 15) is 0 Å². The van der Waals surface area contributed by atoms with Gasteiger partial charge in [-0.3, -0.25) is 0 Å². The Kier molecular flexibility index (Phi) is 4.44. The van der Waals surface area contributed by atoms with Crippen LogP contribution in [0.2, 0.25) is 0 Å². The van der Waals surface area contributed by atoms with Crippen LogP contribution < -0.4 is 0 Å². The molecule has 0 radical (unpaired) electrons. The molecule has 0 fully saturated rings. The molecule has 2 aromatic rings. The summed E-state index contributed by atoms with van der Waals surface area (Å²) in [4.78, 5) is 4.26. The maximum Gasteiger partial charge on any atom is 0.252 e. The van der Waals surface area contributed by atoms with Crippen molar-refractivity contribution in [3.05, 3.63) is 35.7 Å². The van der Waals surface area contributed by atoms with E-state index in [2.05, 4.69) is 10.1 Å². The van der Waals surface area contributed by atoms with E-state index in [1.54, 1.807) is 7.11 Å². The number of rotatable bonds is 6. The summed E-state index contributed by atoms with van der Waals surface area (Å²) < 4.78 is 15.3. The Labute approximate surface area is 106 Å². The monoisotopic (exact) mass is 248 g/mol. The molecular weight excluding hydrogens is 232 g/mol. The third-order valence-electron chi connectivity index (χ3n) is 2.44. The van der Waals surface area contributed by atoms with Crippen LogP contribution in [0.1, 0.15) is 11.5 Å². The summed E-state index contributed by atoms with van der Waals surface area (Å²) in [7, 11) is 1.63. The molecule has 5 nitrogen and oxygen atoms in total. The van der Waals surface area contributed by atoms with Crippen LogP contribution in [0.25, 0.3) is 11.4 Å². The summed E-state index contributed by atoms with van der Waals surface area (Å²) in [6.07, 6.45) is 0. The molecule has 18 heavy (non-hydrogen) atoms. The van der Waals surface area contributed by atoms with Crippen LogP contribution in [0.5, 0.6) is 0 Å². The minimum absolute atomic E-state index is 0.308. The molecule has 0 N–H and O–H groups in total. The molecule has 0 bridgehead atoms. The first-order valence-corrected chi connectivity index (χ1v) is 5.76. The van der Waals surface area contributed by atoms with Crippen LogP contribution >= 0.6 is 0 Å². The van der Waals surface area contributed by atoms with Crippen molar-refractivity contribution in [3.63, 3.8) is 0 Å². The predicted octanol–water partition coefficient (Wildman–Crippen LogP) is 2.21. The van der Waals surface area contributed by atoms with Gasteiger partial charge in [0.05, 0.1) is 13.2 Å². The minimum Gasteiger partial charge on any atom is -0.382 e. The van der Waals surface area contributed by atoms with E-state index < -0.39 is 0 Å². The Morgan fingerprint density at radius 1 is 1.17 bits per heavy atom. The van der Waals surface area contributed by atoms with E-state index in [0.29, 0.717) is 31.5 Å². The van der Waals surface area contributed by atoms with Gasteiger partial charge in [-0.15, -0.1) is 0 Å². The number of hydrogen-bond acceptors (Lipinski definition) is 5. The average Bonchev–Trinajstić information content (AvgIpc) is 2.84. The highest BCUT2D eigenvalue weighted by atomic mass is 16.5. The third-order valence-corrected chi connectivity index (χ3v) is 2.44. The molecule has 1 aromatic heterocycles. The molecule has 1 aromatic carbocycles. The molecular formula is C13H16N2O3. The van der Waals surface area contributed by atoms with Gasteiger partial charge in [0.2, 0.25) is 5.82 Å². The Morgan fingerprint density at radius 3 is 2.67 bits per heavy atom. The molecule has 0 aliphatic rings. The Balaban J connectivity index is 1.95. The van der Waals surface area contributed by atoms with Crippen LogP contribution in [0, 0.1) is 6.92 Å². The molecule has 2 rings (SSSR count). The molecule has 0 unspecified atom stereocenters. The largest absolute Gasteiger partial charge is 0.382 e. The van der Waals surface area contributed by atoms with Gasteiger partial charge < -0.3 is 14.0 Å². The van der Waals surface area contributed by atoms with Gasteiger partial charge in [-0.2, -0.15) is 4.98 Å². The van der Waals surface area contributed by atoms with Crippen LogP contribution in [0.15, 0.2) is 28.8 Å². The summed E-state index contributed by atoms with van der Waals surface area (Å²) in [5.74, 6) is 1.06. The lowest BCUT2D eigenvalue weighted by atomic mass is 10.1. The maximum absolute atomic E-state index is 5.31. The summed E-state index contributed by atoms with van der Waals surface area (Å²) in [6.45, 7) is 3.41. The van der Waals surface area contributed by atoms with Crippen molar-refractivity contribution in [1.29, 1.82) is 0 Å². The van der Waals surface area contributed by atoms with Crippen molar-refractivity contribution >= 4 is 0 Å². The molecule has 0 saturated carbocycles. The summed E-state index contributed by atoms with van der Waals surface area (Å²) in [5, 5.41) is 3.92. The molecule has 0 spiro atoms. The average molecular weight is 248 g/mol. The van der Waals surface area contributed by atoms with Gasteiger partial charge in [-0.05, 0) is 6.92 Å². The van der Waals surface area contributed by atoms with E-state index in [0.717, 1.165) is 5.56 Å². The summed E-state index contributed by atoms with van der Waals surface area (Å²) in [6, 6.07) is 7.96. The van der Waals surface area contributed by atoms with Gasteiger partial charge in [0.15, 0.2) is 0 Å². The fraction of sp³-hybridized carbons (Fsp3) is 0.385. The first kappa shape index (κ1) is 12.7. The van der Waals surface area contributed by atoms with E-state index in [-0.39, 0.29) is 0 Å². The lowest BCUT2D eigenvalue weighted by molar-refractivity contribution is 0.0494. The Bertz CT molecular complexity index is 479. The highest BCUT2D eigenvalue weighted by molar-refractivity contribution is 5.54. The van der Waals surface area contributed by atoms with Crippen molar-refractivity contribution in [2.24, 2.45) is 0 Å². The van der Waals surface area contributed by atoms with Crippen molar-refractivity contribution in [2.75, 3.05) is 20.3 Å². The number of ether oxygens (including phenoxy) is 2. The zero-order chi connectivity index (χ0) is 12.8. The Morgan fingerprint density at radius 2 is 1.94 bits per heavy atom. The van der Waals surface area contributed by atoms with Gasteiger partial charge in [0.25, 0.3) is 5.89 Å². The number of methoxy groups -OCH3 is 1. The number of hydrogen-bond donors (Lipinski definition) is 0. The zero-order valence-electron chi connectivity index (χ0n) is 10.5.